The molecule has 1 amide bonds. The fourth-order valence-electron chi connectivity index (χ4n) is 2.99. The van der Waals surface area contributed by atoms with E-state index in [-0.39, 0.29) is 18.1 Å². The number of nitrogens with zero attached hydrogens (tertiary/aromatic N) is 2. The van der Waals surface area contributed by atoms with E-state index in [1.807, 2.05) is 25.7 Å². The number of aliphatic imine (C=N–C) groups is 1. The van der Waals surface area contributed by atoms with Crippen molar-refractivity contribution in [3.8, 4) is 0 Å². The van der Waals surface area contributed by atoms with Crippen LogP contribution in [-0.2, 0) is 22.7 Å². The molecule has 1 heterocycles. The molecule has 0 bridgehead atoms. The molecule has 2 rings (SSSR count). The largest absolute Gasteiger partial charge is 0.374 e. The number of amides is 1. The summed E-state index contributed by atoms with van der Waals surface area (Å²) in [5.41, 5.74) is 2.36. The maximum atomic E-state index is 11.8. The van der Waals surface area contributed by atoms with Gasteiger partial charge in [0.05, 0.1) is 12.7 Å². The minimum Gasteiger partial charge on any atom is -0.374 e. The summed E-state index contributed by atoms with van der Waals surface area (Å²) in [6.45, 7) is 8.87. The molecule has 1 aromatic rings. The first-order chi connectivity index (χ1) is 12.5. The molecule has 6 heteroatoms. The summed E-state index contributed by atoms with van der Waals surface area (Å²) < 4.78 is 5.67. The van der Waals surface area contributed by atoms with Crippen LogP contribution in [0.5, 0.6) is 0 Å². The first-order valence-corrected chi connectivity index (χ1v) is 9.46. The van der Waals surface area contributed by atoms with Crippen molar-refractivity contribution in [2.24, 2.45) is 4.99 Å². The maximum Gasteiger partial charge on any atom is 0.222 e. The molecule has 0 saturated carbocycles. The predicted molar refractivity (Wildman–Crippen MR) is 105 cm³/mol. The maximum absolute atomic E-state index is 11.8. The fraction of sp³-hybridized carbons (Fsp3) is 0.600. The summed E-state index contributed by atoms with van der Waals surface area (Å²) in [6, 6.07) is 8.63. The minimum atomic E-state index is 0.220. The van der Waals surface area contributed by atoms with E-state index in [1.165, 1.54) is 11.1 Å². The zero-order valence-corrected chi connectivity index (χ0v) is 16.4. The lowest BCUT2D eigenvalue weighted by atomic mass is 10.1. The summed E-state index contributed by atoms with van der Waals surface area (Å²) in [5.74, 6) is 0.988. The second-order valence-electron chi connectivity index (χ2n) is 6.93. The number of ether oxygens (including phenoxy) is 1. The second kappa shape index (κ2) is 10.2. The number of nitrogens with one attached hydrogen (secondary N) is 2. The molecule has 1 atom stereocenters. The number of rotatable bonds is 7. The molecule has 26 heavy (non-hydrogen) atoms. The lowest BCUT2D eigenvalue weighted by Gasteiger charge is -2.19. The van der Waals surface area contributed by atoms with E-state index in [4.69, 9.17) is 4.74 Å². The SMILES string of the molecule is CCC(=O)N1CCC(NC(=NC)NCc2cccc(COC(C)C)c2)C1. The van der Waals surface area contributed by atoms with Crippen LogP contribution in [-0.4, -0.2) is 49.0 Å². The van der Waals surface area contributed by atoms with Crippen LogP contribution < -0.4 is 10.6 Å². The fourth-order valence-corrected chi connectivity index (χ4v) is 2.99. The number of carbonyl (C=O) groups is 1. The molecule has 1 aliphatic heterocycles. The van der Waals surface area contributed by atoms with E-state index in [0.717, 1.165) is 25.5 Å². The van der Waals surface area contributed by atoms with Crippen molar-refractivity contribution < 1.29 is 9.53 Å². The highest BCUT2D eigenvalue weighted by molar-refractivity contribution is 5.80. The molecule has 1 aliphatic rings. The number of guanidine groups is 1. The first kappa shape index (κ1) is 20.2. The smallest absolute Gasteiger partial charge is 0.222 e. The van der Waals surface area contributed by atoms with Crippen molar-refractivity contribution in [1.82, 2.24) is 15.5 Å². The molecule has 0 radical (unpaired) electrons. The van der Waals surface area contributed by atoms with Crippen LogP contribution in [0.15, 0.2) is 29.3 Å². The van der Waals surface area contributed by atoms with Gasteiger partial charge in [-0.25, -0.2) is 0 Å². The molecule has 1 fully saturated rings. The summed E-state index contributed by atoms with van der Waals surface area (Å²) in [6.07, 6.45) is 1.75. The topological polar surface area (TPSA) is 66.0 Å². The number of carbonyl (C=O) groups excluding carboxylic acids is 1. The van der Waals surface area contributed by atoms with Gasteiger partial charge in [0.2, 0.25) is 5.91 Å². The molecule has 144 valence electrons. The molecule has 1 aromatic carbocycles. The number of benzene rings is 1. The van der Waals surface area contributed by atoms with E-state index in [2.05, 4.69) is 39.9 Å². The number of likely N-dealkylation sites (tertiary alicyclic amines) is 1. The van der Waals surface area contributed by atoms with Crippen LogP contribution in [0.25, 0.3) is 0 Å². The van der Waals surface area contributed by atoms with E-state index < -0.39 is 0 Å². The van der Waals surface area contributed by atoms with Crippen LogP contribution in [0.3, 0.4) is 0 Å². The highest BCUT2D eigenvalue weighted by Gasteiger charge is 2.25. The van der Waals surface area contributed by atoms with Crippen molar-refractivity contribution >= 4 is 11.9 Å². The Morgan fingerprint density at radius 2 is 2.15 bits per heavy atom. The molecule has 2 N–H and O–H groups in total. The lowest BCUT2D eigenvalue weighted by Crippen LogP contribution is -2.44. The standard InChI is InChI=1S/C20H32N4O2/c1-5-19(25)24-10-9-18(13-24)23-20(21-4)22-12-16-7-6-8-17(11-16)14-26-15(2)3/h6-8,11,15,18H,5,9-10,12-14H2,1-4H3,(H2,21,22,23). The van der Waals surface area contributed by atoms with E-state index in [0.29, 0.717) is 19.6 Å². The normalized spacial score (nSPS) is 17.7. The third-order valence-electron chi connectivity index (χ3n) is 4.44. The van der Waals surface area contributed by atoms with Gasteiger partial charge in [0, 0.05) is 39.1 Å². The molecular formula is C20H32N4O2. The van der Waals surface area contributed by atoms with Crippen molar-refractivity contribution in [2.75, 3.05) is 20.1 Å². The molecule has 0 spiro atoms. The Hall–Kier alpha value is -2.08. The third kappa shape index (κ3) is 6.33. The van der Waals surface area contributed by atoms with Gasteiger partial charge in [0.25, 0.3) is 0 Å². The van der Waals surface area contributed by atoms with Crippen LogP contribution in [0.2, 0.25) is 0 Å². The van der Waals surface area contributed by atoms with Crippen LogP contribution >= 0.6 is 0 Å². The van der Waals surface area contributed by atoms with Gasteiger partial charge in [0.15, 0.2) is 5.96 Å². The van der Waals surface area contributed by atoms with Gasteiger partial charge < -0.3 is 20.3 Å². The molecule has 0 aromatic heterocycles. The number of hydrogen-bond donors (Lipinski definition) is 2. The van der Waals surface area contributed by atoms with Gasteiger partial charge in [-0.15, -0.1) is 0 Å². The monoisotopic (exact) mass is 360 g/mol. The Labute approximate surface area is 157 Å². The Morgan fingerprint density at radius 3 is 2.85 bits per heavy atom. The Morgan fingerprint density at radius 1 is 1.38 bits per heavy atom. The quantitative estimate of drug-likeness (QED) is 0.578. The molecule has 0 aliphatic carbocycles. The van der Waals surface area contributed by atoms with Gasteiger partial charge in [-0.05, 0) is 31.4 Å². The molecule has 1 saturated heterocycles. The zero-order valence-electron chi connectivity index (χ0n) is 16.4. The van der Waals surface area contributed by atoms with E-state index in [9.17, 15) is 4.79 Å². The zero-order chi connectivity index (χ0) is 18.9. The highest BCUT2D eigenvalue weighted by Crippen LogP contribution is 2.11. The van der Waals surface area contributed by atoms with Gasteiger partial charge >= 0.3 is 0 Å². The second-order valence-corrected chi connectivity index (χ2v) is 6.93. The minimum absolute atomic E-state index is 0.220. The third-order valence-corrected chi connectivity index (χ3v) is 4.44. The van der Waals surface area contributed by atoms with Gasteiger partial charge in [-0.3, -0.25) is 9.79 Å². The first-order valence-electron chi connectivity index (χ1n) is 9.46. The van der Waals surface area contributed by atoms with Crippen LogP contribution in [0.1, 0.15) is 44.7 Å². The Balaban J connectivity index is 1.82. The molecule has 6 nitrogen and oxygen atoms in total. The van der Waals surface area contributed by atoms with Gasteiger partial charge in [-0.1, -0.05) is 31.2 Å². The highest BCUT2D eigenvalue weighted by atomic mass is 16.5. The summed E-state index contributed by atoms with van der Waals surface area (Å²) >= 11 is 0. The summed E-state index contributed by atoms with van der Waals surface area (Å²) in [5, 5.41) is 6.78. The van der Waals surface area contributed by atoms with Crippen LogP contribution in [0, 0.1) is 0 Å². The van der Waals surface area contributed by atoms with Crippen molar-refractivity contribution in [1.29, 1.82) is 0 Å². The molecular weight excluding hydrogens is 328 g/mol. The summed E-state index contributed by atoms with van der Waals surface area (Å²) in [7, 11) is 1.77. The van der Waals surface area contributed by atoms with Crippen molar-refractivity contribution in [3.05, 3.63) is 35.4 Å². The Bertz CT molecular complexity index is 616. The van der Waals surface area contributed by atoms with Crippen molar-refractivity contribution in [3.63, 3.8) is 0 Å². The van der Waals surface area contributed by atoms with Crippen LogP contribution in [0.4, 0.5) is 0 Å². The average molecular weight is 361 g/mol. The van der Waals surface area contributed by atoms with Gasteiger partial charge in [-0.2, -0.15) is 0 Å². The van der Waals surface area contributed by atoms with Gasteiger partial charge in [0.1, 0.15) is 0 Å². The van der Waals surface area contributed by atoms with E-state index >= 15 is 0 Å². The van der Waals surface area contributed by atoms with E-state index in [1.54, 1.807) is 7.05 Å². The number of hydrogen-bond acceptors (Lipinski definition) is 3. The lowest BCUT2D eigenvalue weighted by molar-refractivity contribution is -0.129. The van der Waals surface area contributed by atoms with Crippen molar-refractivity contribution in [2.45, 2.75) is 58.9 Å². The average Bonchev–Trinajstić information content (AvgIpc) is 3.11. The molecule has 1 unspecified atom stereocenters. The predicted octanol–water partition coefficient (Wildman–Crippen LogP) is 2.29. The Kier molecular flexibility index (Phi) is 7.91. The summed E-state index contributed by atoms with van der Waals surface area (Å²) in [4.78, 5) is 18.0.